The standard InChI is InChI=1S/C11H16N2O3/c1-7(8(2)16-3)12-10-6-4-5-9(13-10)11(14)15/h4-8H,1-3H3,(H,12,13)(H,14,15)/t7-,8?/m1/s1. The van der Waals surface area contributed by atoms with Gasteiger partial charge in [0.15, 0.2) is 5.69 Å². The summed E-state index contributed by atoms with van der Waals surface area (Å²) in [4.78, 5) is 14.7. The Morgan fingerprint density at radius 2 is 2.19 bits per heavy atom. The Hall–Kier alpha value is -1.62. The number of nitrogens with zero attached hydrogens (tertiary/aromatic N) is 1. The summed E-state index contributed by atoms with van der Waals surface area (Å²) in [6.07, 6.45) is 0.0234. The van der Waals surface area contributed by atoms with Crippen LogP contribution in [0.2, 0.25) is 0 Å². The zero-order chi connectivity index (χ0) is 12.1. The molecule has 1 aromatic rings. The first kappa shape index (κ1) is 12.4. The van der Waals surface area contributed by atoms with Crippen LogP contribution in [0.15, 0.2) is 18.2 Å². The summed E-state index contributed by atoms with van der Waals surface area (Å²) in [7, 11) is 1.63. The maximum absolute atomic E-state index is 10.7. The third-order valence-corrected chi connectivity index (χ3v) is 2.42. The minimum absolute atomic E-state index is 0.0234. The summed E-state index contributed by atoms with van der Waals surface area (Å²) in [5.74, 6) is -0.493. The van der Waals surface area contributed by atoms with Gasteiger partial charge in [-0.05, 0) is 26.0 Å². The predicted octanol–water partition coefficient (Wildman–Crippen LogP) is 1.62. The van der Waals surface area contributed by atoms with Crippen LogP contribution in [0.3, 0.4) is 0 Å². The van der Waals surface area contributed by atoms with E-state index in [1.54, 1.807) is 19.2 Å². The number of methoxy groups -OCH3 is 1. The van der Waals surface area contributed by atoms with Crippen LogP contribution < -0.4 is 5.32 Å². The van der Waals surface area contributed by atoms with E-state index in [4.69, 9.17) is 9.84 Å². The molecular formula is C11H16N2O3. The number of hydrogen-bond donors (Lipinski definition) is 2. The van der Waals surface area contributed by atoms with E-state index < -0.39 is 5.97 Å². The normalized spacial score (nSPS) is 14.2. The number of aromatic nitrogens is 1. The molecule has 2 atom stereocenters. The molecular weight excluding hydrogens is 208 g/mol. The number of ether oxygens (including phenoxy) is 1. The molecule has 1 unspecified atom stereocenters. The molecule has 16 heavy (non-hydrogen) atoms. The van der Waals surface area contributed by atoms with Crippen LogP contribution in [0.4, 0.5) is 5.82 Å². The third-order valence-electron chi connectivity index (χ3n) is 2.42. The minimum Gasteiger partial charge on any atom is -0.477 e. The van der Waals surface area contributed by atoms with E-state index >= 15 is 0 Å². The van der Waals surface area contributed by atoms with E-state index in [1.807, 2.05) is 13.8 Å². The van der Waals surface area contributed by atoms with Crippen molar-refractivity contribution in [1.82, 2.24) is 4.98 Å². The molecule has 1 aromatic heterocycles. The van der Waals surface area contributed by atoms with Gasteiger partial charge in [0.1, 0.15) is 5.82 Å². The third kappa shape index (κ3) is 3.20. The van der Waals surface area contributed by atoms with E-state index in [0.29, 0.717) is 5.82 Å². The molecule has 1 heterocycles. The number of rotatable bonds is 5. The predicted molar refractivity (Wildman–Crippen MR) is 60.8 cm³/mol. The van der Waals surface area contributed by atoms with Crippen molar-refractivity contribution in [2.75, 3.05) is 12.4 Å². The van der Waals surface area contributed by atoms with Crippen molar-refractivity contribution in [2.45, 2.75) is 26.0 Å². The molecule has 0 saturated carbocycles. The van der Waals surface area contributed by atoms with Crippen molar-refractivity contribution in [2.24, 2.45) is 0 Å². The summed E-state index contributed by atoms with van der Waals surface area (Å²) in [5, 5.41) is 11.9. The van der Waals surface area contributed by atoms with Gasteiger partial charge in [-0.2, -0.15) is 0 Å². The first-order chi connectivity index (χ1) is 7.54. The van der Waals surface area contributed by atoms with E-state index in [-0.39, 0.29) is 17.8 Å². The number of hydrogen-bond acceptors (Lipinski definition) is 4. The van der Waals surface area contributed by atoms with Crippen molar-refractivity contribution in [3.8, 4) is 0 Å². The van der Waals surface area contributed by atoms with Gasteiger partial charge in [0.25, 0.3) is 0 Å². The number of carboxylic acids is 1. The van der Waals surface area contributed by atoms with E-state index in [1.165, 1.54) is 6.07 Å². The molecule has 5 nitrogen and oxygen atoms in total. The molecule has 0 aliphatic heterocycles. The van der Waals surface area contributed by atoms with E-state index in [0.717, 1.165) is 0 Å². The van der Waals surface area contributed by atoms with Gasteiger partial charge in [-0.15, -0.1) is 0 Å². The molecule has 0 spiro atoms. The Bertz CT molecular complexity index is 368. The lowest BCUT2D eigenvalue weighted by Gasteiger charge is -2.20. The summed E-state index contributed by atoms with van der Waals surface area (Å²) in [6.45, 7) is 3.88. The lowest BCUT2D eigenvalue weighted by atomic mass is 10.2. The Morgan fingerprint density at radius 1 is 1.50 bits per heavy atom. The van der Waals surface area contributed by atoms with Crippen LogP contribution in [0.1, 0.15) is 24.3 Å². The zero-order valence-electron chi connectivity index (χ0n) is 9.60. The second-order valence-electron chi connectivity index (χ2n) is 3.59. The molecule has 0 fully saturated rings. The molecule has 2 N–H and O–H groups in total. The monoisotopic (exact) mass is 224 g/mol. The Kier molecular flexibility index (Phi) is 4.25. The van der Waals surface area contributed by atoms with Crippen LogP contribution in [0.5, 0.6) is 0 Å². The summed E-state index contributed by atoms with van der Waals surface area (Å²) < 4.78 is 5.16. The van der Waals surface area contributed by atoms with Crippen molar-refractivity contribution in [3.05, 3.63) is 23.9 Å². The molecule has 0 aliphatic rings. The van der Waals surface area contributed by atoms with E-state index in [2.05, 4.69) is 10.3 Å². The minimum atomic E-state index is -1.03. The second-order valence-corrected chi connectivity index (χ2v) is 3.59. The maximum atomic E-state index is 10.7. The Labute approximate surface area is 94.5 Å². The maximum Gasteiger partial charge on any atom is 0.354 e. The summed E-state index contributed by atoms with van der Waals surface area (Å²) in [6, 6.07) is 4.90. The smallest absolute Gasteiger partial charge is 0.354 e. The van der Waals surface area contributed by atoms with Gasteiger partial charge in [-0.1, -0.05) is 6.07 Å². The molecule has 5 heteroatoms. The number of nitrogens with one attached hydrogen (secondary N) is 1. The molecule has 0 bridgehead atoms. The average Bonchev–Trinajstić information content (AvgIpc) is 2.28. The Morgan fingerprint density at radius 3 is 2.75 bits per heavy atom. The highest BCUT2D eigenvalue weighted by molar-refractivity contribution is 5.85. The highest BCUT2D eigenvalue weighted by atomic mass is 16.5. The number of anilines is 1. The van der Waals surface area contributed by atoms with E-state index in [9.17, 15) is 4.79 Å². The number of carboxylic acid groups (broad SMARTS) is 1. The fourth-order valence-corrected chi connectivity index (χ4v) is 1.19. The van der Waals surface area contributed by atoms with Crippen LogP contribution >= 0.6 is 0 Å². The van der Waals surface area contributed by atoms with Gasteiger partial charge < -0.3 is 15.2 Å². The van der Waals surface area contributed by atoms with Crippen LogP contribution in [-0.4, -0.2) is 35.3 Å². The molecule has 0 amide bonds. The summed E-state index contributed by atoms with van der Waals surface area (Å²) >= 11 is 0. The van der Waals surface area contributed by atoms with Gasteiger partial charge in [-0.3, -0.25) is 0 Å². The molecule has 0 saturated heterocycles. The van der Waals surface area contributed by atoms with Gasteiger partial charge in [-0.25, -0.2) is 9.78 Å². The van der Waals surface area contributed by atoms with Crippen molar-refractivity contribution >= 4 is 11.8 Å². The number of pyridine rings is 1. The van der Waals surface area contributed by atoms with Gasteiger partial charge in [0.2, 0.25) is 0 Å². The quantitative estimate of drug-likeness (QED) is 0.795. The molecule has 1 rings (SSSR count). The zero-order valence-corrected chi connectivity index (χ0v) is 9.60. The van der Waals surface area contributed by atoms with Gasteiger partial charge in [0, 0.05) is 7.11 Å². The fourth-order valence-electron chi connectivity index (χ4n) is 1.19. The number of carbonyl (C=O) groups is 1. The molecule has 0 aliphatic carbocycles. The van der Waals surface area contributed by atoms with Crippen molar-refractivity contribution in [3.63, 3.8) is 0 Å². The SMILES string of the molecule is COC(C)[C@@H](C)Nc1cccc(C(=O)O)n1. The van der Waals surface area contributed by atoms with Crippen molar-refractivity contribution in [1.29, 1.82) is 0 Å². The fraction of sp³-hybridized carbons (Fsp3) is 0.455. The highest BCUT2D eigenvalue weighted by Gasteiger charge is 2.12. The summed E-state index contributed by atoms with van der Waals surface area (Å²) in [5.41, 5.74) is 0.0299. The van der Waals surface area contributed by atoms with Gasteiger partial charge >= 0.3 is 5.97 Å². The van der Waals surface area contributed by atoms with Crippen LogP contribution in [0.25, 0.3) is 0 Å². The Balaban J connectivity index is 2.74. The van der Waals surface area contributed by atoms with Crippen molar-refractivity contribution < 1.29 is 14.6 Å². The molecule has 0 aromatic carbocycles. The second kappa shape index (κ2) is 5.46. The topological polar surface area (TPSA) is 71.5 Å². The highest BCUT2D eigenvalue weighted by Crippen LogP contribution is 2.09. The van der Waals surface area contributed by atoms with Crippen LogP contribution in [0, 0.1) is 0 Å². The first-order valence-corrected chi connectivity index (χ1v) is 5.04. The lowest BCUT2D eigenvalue weighted by molar-refractivity contribution is 0.0690. The number of aromatic carboxylic acids is 1. The first-order valence-electron chi connectivity index (χ1n) is 5.04. The largest absolute Gasteiger partial charge is 0.477 e. The molecule has 88 valence electrons. The van der Waals surface area contributed by atoms with Gasteiger partial charge in [0.05, 0.1) is 12.1 Å². The lowest BCUT2D eigenvalue weighted by Crippen LogP contribution is -2.30. The molecule has 0 radical (unpaired) electrons. The van der Waals surface area contributed by atoms with Crippen LogP contribution in [-0.2, 0) is 4.74 Å². The average molecular weight is 224 g/mol.